The van der Waals surface area contributed by atoms with Crippen LogP contribution in [0.15, 0.2) is 41.8 Å². The van der Waals surface area contributed by atoms with E-state index in [1.54, 1.807) is 13.2 Å². The van der Waals surface area contributed by atoms with Crippen molar-refractivity contribution in [2.24, 2.45) is 12.0 Å². The van der Waals surface area contributed by atoms with E-state index in [2.05, 4.69) is 25.3 Å². The lowest BCUT2D eigenvalue weighted by molar-refractivity contribution is 0.654. The number of aryl methyl sites for hydroxylation is 1. The fourth-order valence-electron chi connectivity index (χ4n) is 1.79. The fourth-order valence-corrected chi connectivity index (χ4v) is 1.79. The summed E-state index contributed by atoms with van der Waals surface area (Å²) in [5, 5.41) is 10.7. The summed E-state index contributed by atoms with van der Waals surface area (Å²) < 4.78 is 3.97. The molecule has 2 heterocycles. The van der Waals surface area contributed by atoms with E-state index >= 15 is 0 Å². The maximum Gasteiger partial charge on any atom is 0.191 e. The molecular weight excluding hydrogens is 240 g/mol. The third-order valence-electron chi connectivity index (χ3n) is 2.91. The lowest BCUT2D eigenvalue weighted by Gasteiger charge is -2.12. The van der Waals surface area contributed by atoms with Gasteiger partial charge in [-0.1, -0.05) is 0 Å². The van der Waals surface area contributed by atoms with Crippen LogP contribution in [0, 0.1) is 0 Å². The van der Waals surface area contributed by atoms with Crippen molar-refractivity contribution in [3.05, 3.63) is 42.5 Å². The Balaban J connectivity index is 1.73. The zero-order chi connectivity index (χ0) is 13.5. The Morgan fingerprint density at radius 2 is 2.11 bits per heavy atom. The standard InChI is InChI=1S/C13H20N6/c1-14-13(15-7-10-19-8-3-4-9-19)16-11-12-5-6-17-18(12)2/h3-6,8-9H,7,10-11H2,1-2H3,(H2,14,15,16). The lowest BCUT2D eigenvalue weighted by Crippen LogP contribution is -2.38. The summed E-state index contributed by atoms with van der Waals surface area (Å²) in [6, 6.07) is 6.03. The first kappa shape index (κ1) is 13.2. The molecule has 2 rings (SSSR count). The van der Waals surface area contributed by atoms with Crippen LogP contribution >= 0.6 is 0 Å². The Labute approximate surface area is 113 Å². The summed E-state index contributed by atoms with van der Waals surface area (Å²) in [7, 11) is 3.70. The monoisotopic (exact) mass is 260 g/mol. The fraction of sp³-hybridized carbons (Fsp3) is 0.385. The van der Waals surface area contributed by atoms with E-state index in [0.717, 1.165) is 24.7 Å². The molecule has 6 heteroatoms. The van der Waals surface area contributed by atoms with E-state index in [1.807, 2.05) is 42.3 Å². The second kappa shape index (κ2) is 6.63. The maximum absolute atomic E-state index is 4.19. The van der Waals surface area contributed by atoms with Gasteiger partial charge in [0.2, 0.25) is 0 Å². The average Bonchev–Trinajstić information content (AvgIpc) is 3.05. The number of hydrogen-bond donors (Lipinski definition) is 2. The molecule has 0 fully saturated rings. The van der Waals surface area contributed by atoms with Crippen LogP contribution in [0.1, 0.15) is 5.69 Å². The minimum atomic E-state index is 0.708. The molecule has 102 valence electrons. The molecule has 6 nitrogen and oxygen atoms in total. The van der Waals surface area contributed by atoms with E-state index in [9.17, 15) is 0 Å². The van der Waals surface area contributed by atoms with Gasteiger partial charge in [0.15, 0.2) is 5.96 Å². The number of aliphatic imine (C=N–C) groups is 1. The van der Waals surface area contributed by atoms with E-state index < -0.39 is 0 Å². The van der Waals surface area contributed by atoms with Gasteiger partial charge in [-0.05, 0) is 18.2 Å². The Morgan fingerprint density at radius 3 is 2.74 bits per heavy atom. The van der Waals surface area contributed by atoms with Gasteiger partial charge >= 0.3 is 0 Å². The van der Waals surface area contributed by atoms with Gasteiger partial charge < -0.3 is 15.2 Å². The summed E-state index contributed by atoms with van der Waals surface area (Å²) >= 11 is 0. The highest BCUT2D eigenvalue weighted by Crippen LogP contribution is 1.94. The molecule has 0 aliphatic carbocycles. The summed E-state index contributed by atoms with van der Waals surface area (Å²) in [4.78, 5) is 4.19. The van der Waals surface area contributed by atoms with E-state index in [0.29, 0.717) is 6.54 Å². The van der Waals surface area contributed by atoms with Gasteiger partial charge in [-0.3, -0.25) is 9.67 Å². The molecule has 0 aliphatic rings. The molecule has 0 aliphatic heterocycles. The number of hydrogen-bond acceptors (Lipinski definition) is 2. The van der Waals surface area contributed by atoms with E-state index in [-0.39, 0.29) is 0 Å². The molecule has 0 radical (unpaired) electrons. The first-order chi connectivity index (χ1) is 9.29. The largest absolute Gasteiger partial charge is 0.355 e. The molecule has 2 N–H and O–H groups in total. The Morgan fingerprint density at radius 1 is 1.32 bits per heavy atom. The molecule has 19 heavy (non-hydrogen) atoms. The van der Waals surface area contributed by atoms with Crippen LogP contribution in [0.2, 0.25) is 0 Å². The molecule has 0 bridgehead atoms. The highest BCUT2D eigenvalue weighted by molar-refractivity contribution is 5.79. The van der Waals surface area contributed by atoms with Crippen molar-refractivity contribution in [2.45, 2.75) is 13.1 Å². The van der Waals surface area contributed by atoms with Crippen LogP contribution in [-0.4, -0.2) is 33.9 Å². The van der Waals surface area contributed by atoms with Crippen LogP contribution in [-0.2, 0) is 20.1 Å². The minimum Gasteiger partial charge on any atom is -0.355 e. The Bertz CT molecular complexity index is 511. The topological polar surface area (TPSA) is 59.2 Å². The van der Waals surface area contributed by atoms with Crippen molar-refractivity contribution in [1.82, 2.24) is 25.0 Å². The highest BCUT2D eigenvalue weighted by atomic mass is 15.3. The van der Waals surface area contributed by atoms with E-state index in [1.165, 1.54) is 0 Å². The van der Waals surface area contributed by atoms with Crippen molar-refractivity contribution < 1.29 is 0 Å². The molecule has 0 saturated carbocycles. The number of nitrogens with zero attached hydrogens (tertiary/aromatic N) is 4. The van der Waals surface area contributed by atoms with Crippen LogP contribution in [0.5, 0.6) is 0 Å². The SMILES string of the molecule is CN=C(NCCn1cccc1)NCc1ccnn1C. The summed E-state index contributed by atoms with van der Waals surface area (Å²) in [5.74, 6) is 0.799. The number of rotatable bonds is 5. The summed E-state index contributed by atoms with van der Waals surface area (Å²) in [5.41, 5.74) is 1.12. The second-order valence-corrected chi connectivity index (χ2v) is 4.22. The van der Waals surface area contributed by atoms with Gasteiger partial charge in [-0.25, -0.2) is 0 Å². The molecule has 0 unspecified atom stereocenters. The summed E-state index contributed by atoms with van der Waals surface area (Å²) in [6.45, 7) is 2.46. The molecule has 2 aromatic heterocycles. The zero-order valence-corrected chi connectivity index (χ0v) is 11.4. The van der Waals surface area contributed by atoms with Crippen molar-refractivity contribution in [3.63, 3.8) is 0 Å². The molecule has 0 spiro atoms. The van der Waals surface area contributed by atoms with Crippen LogP contribution in [0.4, 0.5) is 0 Å². The van der Waals surface area contributed by atoms with Gasteiger partial charge in [0.1, 0.15) is 0 Å². The molecular formula is C13H20N6. The second-order valence-electron chi connectivity index (χ2n) is 4.22. The first-order valence-corrected chi connectivity index (χ1v) is 6.32. The third kappa shape index (κ3) is 3.87. The zero-order valence-electron chi connectivity index (χ0n) is 11.4. The average molecular weight is 260 g/mol. The summed E-state index contributed by atoms with van der Waals surface area (Å²) in [6.07, 6.45) is 5.89. The van der Waals surface area contributed by atoms with Gasteiger partial charge in [-0.2, -0.15) is 5.10 Å². The Kier molecular flexibility index (Phi) is 4.60. The van der Waals surface area contributed by atoms with Crippen molar-refractivity contribution >= 4 is 5.96 Å². The van der Waals surface area contributed by atoms with Crippen LogP contribution in [0.3, 0.4) is 0 Å². The van der Waals surface area contributed by atoms with Crippen LogP contribution in [0.25, 0.3) is 0 Å². The quantitative estimate of drug-likeness (QED) is 0.611. The normalized spacial score (nSPS) is 11.6. The molecule has 0 atom stereocenters. The van der Waals surface area contributed by atoms with Gasteiger partial charge in [0, 0.05) is 45.8 Å². The predicted molar refractivity (Wildman–Crippen MR) is 75.8 cm³/mol. The van der Waals surface area contributed by atoms with Gasteiger partial charge in [-0.15, -0.1) is 0 Å². The number of aromatic nitrogens is 3. The number of guanidine groups is 1. The maximum atomic E-state index is 4.19. The van der Waals surface area contributed by atoms with Gasteiger partial charge in [0.25, 0.3) is 0 Å². The predicted octanol–water partition coefficient (Wildman–Crippen LogP) is 0.587. The molecule has 0 amide bonds. The van der Waals surface area contributed by atoms with Gasteiger partial charge in [0.05, 0.1) is 12.2 Å². The lowest BCUT2D eigenvalue weighted by atomic mass is 10.4. The van der Waals surface area contributed by atoms with Crippen molar-refractivity contribution in [1.29, 1.82) is 0 Å². The first-order valence-electron chi connectivity index (χ1n) is 6.32. The molecule has 0 saturated heterocycles. The smallest absolute Gasteiger partial charge is 0.191 e. The third-order valence-corrected chi connectivity index (χ3v) is 2.91. The Hall–Kier alpha value is -2.24. The number of nitrogens with one attached hydrogen (secondary N) is 2. The molecule has 2 aromatic rings. The van der Waals surface area contributed by atoms with Crippen molar-refractivity contribution in [3.8, 4) is 0 Å². The van der Waals surface area contributed by atoms with Crippen molar-refractivity contribution in [2.75, 3.05) is 13.6 Å². The van der Waals surface area contributed by atoms with Crippen LogP contribution < -0.4 is 10.6 Å². The molecule has 0 aromatic carbocycles. The minimum absolute atomic E-state index is 0.708. The van der Waals surface area contributed by atoms with E-state index in [4.69, 9.17) is 0 Å². The highest BCUT2D eigenvalue weighted by Gasteiger charge is 2.00.